The summed E-state index contributed by atoms with van der Waals surface area (Å²) in [6.45, 7) is 10.5. The Labute approximate surface area is 131 Å². The van der Waals surface area contributed by atoms with E-state index in [1.807, 2.05) is 19.9 Å². The maximum absolute atomic E-state index is 13.5. The van der Waals surface area contributed by atoms with Crippen LogP contribution in [0.1, 0.15) is 29.8 Å². The molecular weight excluding hydrogens is 283 g/mol. The summed E-state index contributed by atoms with van der Waals surface area (Å²) in [7, 11) is 0. The van der Waals surface area contributed by atoms with Crippen LogP contribution in [0.2, 0.25) is 0 Å². The van der Waals surface area contributed by atoms with Gasteiger partial charge in [0.25, 0.3) is 0 Å². The molecule has 0 saturated carbocycles. The molecule has 2 saturated heterocycles. The minimum Gasteiger partial charge on any atom is -0.379 e. The Hall–Kier alpha value is -1.30. The highest BCUT2D eigenvalue weighted by atomic mass is 19.1. The van der Waals surface area contributed by atoms with E-state index in [1.54, 1.807) is 6.07 Å². The molecule has 5 heteroatoms. The molecule has 22 heavy (non-hydrogen) atoms. The fourth-order valence-electron chi connectivity index (χ4n) is 2.87. The number of rotatable bonds is 4. The van der Waals surface area contributed by atoms with Crippen molar-refractivity contribution in [2.75, 3.05) is 39.4 Å². The Morgan fingerprint density at radius 3 is 2.55 bits per heavy atom. The van der Waals surface area contributed by atoms with E-state index in [1.165, 1.54) is 6.07 Å². The van der Waals surface area contributed by atoms with E-state index >= 15 is 0 Å². The first kappa shape index (κ1) is 17.1. The van der Waals surface area contributed by atoms with Gasteiger partial charge in [0.1, 0.15) is 5.82 Å². The first-order valence-corrected chi connectivity index (χ1v) is 8.04. The minimum absolute atomic E-state index is 0.128. The van der Waals surface area contributed by atoms with Crippen molar-refractivity contribution in [3.05, 3.63) is 35.1 Å². The van der Waals surface area contributed by atoms with E-state index in [4.69, 9.17) is 4.74 Å². The van der Waals surface area contributed by atoms with Crippen molar-refractivity contribution in [3.63, 3.8) is 0 Å². The van der Waals surface area contributed by atoms with Crippen LogP contribution < -0.4 is 0 Å². The third-order valence-corrected chi connectivity index (χ3v) is 4.10. The number of halogens is 1. The Kier molecular flexibility index (Phi) is 6.49. The molecule has 0 atom stereocenters. The summed E-state index contributed by atoms with van der Waals surface area (Å²) < 4.78 is 18.9. The van der Waals surface area contributed by atoms with Gasteiger partial charge in [0.05, 0.1) is 18.8 Å². The summed E-state index contributed by atoms with van der Waals surface area (Å²) in [6.07, 6.45) is 0.553. The molecule has 0 N–H and O–H groups in total. The van der Waals surface area contributed by atoms with Gasteiger partial charge in [0.2, 0.25) is 0 Å². The summed E-state index contributed by atoms with van der Waals surface area (Å²) in [5, 5.41) is 0. The zero-order valence-electron chi connectivity index (χ0n) is 13.4. The fraction of sp³-hybridized carbons (Fsp3) is 0.588. The predicted octanol–water partition coefficient (Wildman–Crippen LogP) is 2.18. The van der Waals surface area contributed by atoms with Crippen LogP contribution in [-0.4, -0.2) is 61.5 Å². The van der Waals surface area contributed by atoms with Crippen LogP contribution in [0.25, 0.3) is 0 Å². The van der Waals surface area contributed by atoms with Gasteiger partial charge in [-0.3, -0.25) is 14.6 Å². The molecule has 0 radical (unpaired) electrons. The van der Waals surface area contributed by atoms with Gasteiger partial charge in [-0.2, -0.15) is 0 Å². The van der Waals surface area contributed by atoms with Crippen molar-refractivity contribution >= 4 is 6.29 Å². The highest BCUT2D eigenvalue weighted by Gasteiger charge is 2.32. The standard InChI is InChI=1S/C15H19FN2O2.C2H6/c16-15-7-12(1-2-13(15)11-19)8-17-9-14(10-17)18-3-5-20-6-4-18;1-2/h1-2,7,11,14H,3-6,8-10H2;1-2H3. The predicted molar refractivity (Wildman–Crippen MR) is 84.6 cm³/mol. The third kappa shape index (κ3) is 4.12. The lowest BCUT2D eigenvalue weighted by Crippen LogP contribution is -2.60. The van der Waals surface area contributed by atoms with Gasteiger partial charge in [-0.1, -0.05) is 19.9 Å². The summed E-state index contributed by atoms with van der Waals surface area (Å²) in [5.74, 6) is -0.428. The zero-order valence-corrected chi connectivity index (χ0v) is 13.4. The van der Waals surface area contributed by atoms with E-state index in [-0.39, 0.29) is 5.56 Å². The largest absolute Gasteiger partial charge is 0.379 e. The molecule has 2 fully saturated rings. The van der Waals surface area contributed by atoms with Crippen molar-refractivity contribution < 1.29 is 13.9 Å². The Bertz CT molecular complexity index is 484. The van der Waals surface area contributed by atoms with Gasteiger partial charge >= 0.3 is 0 Å². The number of aldehydes is 1. The van der Waals surface area contributed by atoms with Gasteiger partial charge in [0.15, 0.2) is 6.29 Å². The number of benzene rings is 1. The Balaban J connectivity index is 0.000000847. The second kappa shape index (κ2) is 8.36. The number of hydrogen-bond acceptors (Lipinski definition) is 4. The quantitative estimate of drug-likeness (QED) is 0.798. The second-order valence-electron chi connectivity index (χ2n) is 5.47. The number of ether oxygens (including phenoxy) is 1. The molecule has 0 bridgehead atoms. The normalized spacial score (nSPS) is 20.0. The molecule has 0 amide bonds. The molecule has 0 unspecified atom stereocenters. The second-order valence-corrected chi connectivity index (χ2v) is 5.47. The smallest absolute Gasteiger partial charge is 0.152 e. The topological polar surface area (TPSA) is 32.8 Å². The molecule has 2 heterocycles. The van der Waals surface area contributed by atoms with Crippen molar-refractivity contribution in [1.82, 2.24) is 9.80 Å². The average Bonchev–Trinajstić information content (AvgIpc) is 2.53. The summed E-state index contributed by atoms with van der Waals surface area (Å²) in [4.78, 5) is 15.3. The van der Waals surface area contributed by atoms with Crippen LogP contribution in [0.3, 0.4) is 0 Å². The molecular formula is C17H25FN2O2. The molecule has 1 aromatic rings. The molecule has 4 nitrogen and oxygen atoms in total. The molecule has 0 aromatic heterocycles. The first-order chi connectivity index (χ1) is 10.8. The molecule has 1 aromatic carbocycles. The van der Waals surface area contributed by atoms with Gasteiger partial charge in [-0.05, 0) is 17.7 Å². The van der Waals surface area contributed by atoms with Crippen LogP contribution in [0, 0.1) is 5.82 Å². The van der Waals surface area contributed by atoms with Crippen LogP contribution in [-0.2, 0) is 11.3 Å². The van der Waals surface area contributed by atoms with Crippen molar-refractivity contribution in [2.24, 2.45) is 0 Å². The van der Waals surface area contributed by atoms with Crippen LogP contribution in [0.4, 0.5) is 4.39 Å². The molecule has 2 aliphatic heterocycles. The maximum Gasteiger partial charge on any atom is 0.152 e. The first-order valence-electron chi connectivity index (χ1n) is 8.04. The van der Waals surface area contributed by atoms with E-state index < -0.39 is 5.82 Å². The summed E-state index contributed by atoms with van der Waals surface area (Å²) in [5.41, 5.74) is 1.05. The lowest BCUT2D eigenvalue weighted by atomic mass is 10.0. The summed E-state index contributed by atoms with van der Waals surface area (Å²) in [6, 6.07) is 5.45. The van der Waals surface area contributed by atoms with Crippen LogP contribution in [0.15, 0.2) is 18.2 Å². The van der Waals surface area contributed by atoms with Gasteiger partial charge in [0, 0.05) is 38.8 Å². The van der Waals surface area contributed by atoms with Gasteiger partial charge in [-0.15, -0.1) is 0 Å². The lowest BCUT2D eigenvalue weighted by Gasteiger charge is -2.46. The molecule has 122 valence electrons. The number of carbonyl (C=O) groups excluding carboxylic acids is 1. The van der Waals surface area contributed by atoms with Crippen molar-refractivity contribution in [3.8, 4) is 0 Å². The van der Waals surface area contributed by atoms with Crippen molar-refractivity contribution in [2.45, 2.75) is 26.4 Å². The van der Waals surface area contributed by atoms with Crippen molar-refractivity contribution in [1.29, 1.82) is 0 Å². The van der Waals surface area contributed by atoms with E-state index in [9.17, 15) is 9.18 Å². The van der Waals surface area contributed by atoms with Gasteiger partial charge < -0.3 is 4.74 Å². The number of likely N-dealkylation sites (tertiary alicyclic amines) is 1. The SMILES string of the molecule is CC.O=Cc1ccc(CN2CC(N3CCOCC3)C2)cc1F. The highest BCUT2D eigenvalue weighted by molar-refractivity contribution is 5.75. The van der Waals surface area contributed by atoms with Crippen LogP contribution >= 0.6 is 0 Å². The monoisotopic (exact) mass is 308 g/mol. The van der Waals surface area contributed by atoms with E-state index in [2.05, 4.69) is 9.80 Å². The van der Waals surface area contributed by atoms with Crippen LogP contribution in [0.5, 0.6) is 0 Å². The number of hydrogen-bond donors (Lipinski definition) is 0. The van der Waals surface area contributed by atoms with Gasteiger partial charge in [-0.25, -0.2) is 4.39 Å². The summed E-state index contributed by atoms with van der Waals surface area (Å²) >= 11 is 0. The average molecular weight is 308 g/mol. The fourth-order valence-corrected chi connectivity index (χ4v) is 2.87. The lowest BCUT2D eigenvalue weighted by molar-refractivity contribution is -0.0344. The molecule has 0 aliphatic carbocycles. The highest BCUT2D eigenvalue weighted by Crippen LogP contribution is 2.19. The zero-order chi connectivity index (χ0) is 15.9. The Morgan fingerprint density at radius 2 is 1.95 bits per heavy atom. The molecule has 2 aliphatic rings. The Morgan fingerprint density at radius 1 is 1.27 bits per heavy atom. The molecule has 0 spiro atoms. The minimum atomic E-state index is -0.428. The number of nitrogens with zero attached hydrogens (tertiary/aromatic N) is 2. The third-order valence-electron chi connectivity index (χ3n) is 4.10. The van der Waals surface area contributed by atoms with E-state index in [0.717, 1.165) is 51.5 Å². The number of morpholine rings is 1. The van der Waals surface area contributed by atoms with E-state index in [0.29, 0.717) is 12.3 Å². The maximum atomic E-state index is 13.5. The number of carbonyl (C=O) groups is 1. The molecule has 3 rings (SSSR count).